The minimum atomic E-state index is 0.580. The quantitative estimate of drug-likeness (QED) is 0.249. The first-order valence-corrected chi connectivity index (χ1v) is 24.8. The molecule has 0 radical (unpaired) electrons. The Bertz CT molecular complexity index is 1750. The van der Waals surface area contributed by atoms with Gasteiger partial charge in [0, 0.05) is 48.1 Å². The van der Waals surface area contributed by atoms with Gasteiger partial charge in [0.2, 0.25) is 0 Å². The largest absolute Gasteiger partial charge is 0.290 e. The lowest BCUT2D eigenvalue weighted by atomic mass is 9.64. The van der Waals surface area contributed by atoms with Crippen LogP contribution >= 0.6 is 0 Å². The first kappa shape index (κ1) is 37.6. The van der Waals surface area contributed by atoms with Crippen LogP contribution < -0.4 is 0 Å². The summed E-state index contributed by atoms with van der Waals surface area (Å²) in [6.07, 6.45) is 67.7. The van der Waals surface area contributed by atoms with Crippen LogP contribution in [-0.2, 0) is 0 Å². The van der Waals surface area contributed by atoms with E-state index in [0.717, 1.165) is 41.5 Å². The monoisotopic (exact) mass is 763 g/mol. The second kappa shape index (κ2) is 16.2. The van der Waals surface area contributed by atoms with Crippen LogP contribution in [0.1, 0.15) is 129 Å². The highest BCUT2D eigenvalue weighted by Crippen LogP contribution is 2.56. The molecule has 17 atom stereocenters. The third-order valence-electron chi connectivity index (χ3n) is 18.5. The molecule has 0 aromatic heterocycles. The third-order valence-corrected chi connectivity index (χ3v) is 18.5. The molecular formula is C55H74N2. The Morgan fingerprint density at radius 3 is 2.26 bits per heavy atom. The predicted molar refractivity (Wildman–Crippen MR) is 238 cm³/mol. The van der Waals surface area contributed by atoms with Crippen LogP contribution in [0.25, 0.3) is 0 Å². The molecule has 0 spiro atoms. The van der Waals surface area contributed by atoms with Gasteiger partial charge in [0.25, 0.3) is 0 Å². The van der Waals surface area contributed by atoms with Gasteiger partial charge in [-0.3, -0.25) is 9.80 Å². The van der Waals surface area contributed by atoms with Crippen molar-refractivity contribution in [3.8, 4) is 0 Å². The minimum absolute atomic E-state index is 0.580. The van der Waals surface area contributed by atoms with E-state index >= 15 is 0 Å². The molecule has 2 nitrogen and oxygen atoms in total. The maximum atomic E-state index is 3.21. The molecule has 11 aliphatic rings. The summed E-state index contributed by atoms with van der Waals surface area (Å²) in [5.74, 6) is 8.50. The molecule has 11 rings (SSSR count). The molecule has 2 heterocycles. The van der Waals surface area contributed by atoms with Crippen molar-refractivity contribution >= 4 is 0 Å². The highest BCUT2D eigenvalue weighted by molar-refractivity contribution is 5.33. The highest BCUT2D eigenvalue weighted by Gasteiger charge is 2.56. The van der Waals surface area contributed by atoms with E-state index in [-0.39, 0.29) is 0 Å². The smallest absolute Gasteiger partial charge is 0.0356 e. The summed E-state index contributed by atoms with van der Waals surface area (Å²) < 4.78 is 0. The van der Waals surface area contributed by atoms with Gasteiger partial charge >= 0.3 is 0 Å². The highest BCUT2D eigenvalue weighted by atomic mass is 15.3. The molecule has 17 unspecified atom stereocenters. The van der Waals surface area contributed by atoms with Gasteiger partial charge in [0.1, 0.15) is 0 Å². The zero-order chi connectivity index (χ0) is 37.9. The molecule has 3 fully saturated rings. The zero-order valence-electron chi connectivity index (χ0n) is 35.4. The minimum Gasteiger partial charge on any atom is -0.290 e. The number of rotatable bonds is 6. The van der Waals surface area contributed by atoms with E-state index in [0.29, 0.717) is 59.8 Å². The normalized spacial score (nSPS) is 47.9. The number of nitrogens with zero attached hydrogens (tertiary/aromatic N) is 2. The third kappa shape index (κ3) is 7.01. The summed E-state index contributed by atoms with van der Waals surface area (Å²) in [4.78, 5) is 6.34. The van der Waals surface area contributed by atoms with E-state index in [2.05, 4.69) is 114 Å². The van der Waals surface area contributed by atoms with E-state index < -0.39 is 0 Å². The molecule has 0 N–H and O–H groups in total. The van der Waals surface area contributed by atoms with Crippen molar-refractivity contribution in [2.24, 2.45) is 65.1 Å². The molecule has 0 aromatic carbocycles. The predicted octanol–water partition coefficient (Wildman–Crippen LogP) is 12.9. The SMILES string of the molecule is CC1C=CCC(C2CC(C3CC=CCC3)CC(N3C4C=CC=CC4C4C=C(C5CC=CC6C7CCC=CC7N(C7C=CC(C8=CCCCC8)CC7)C56)CCC43)C2)C1. The van der Waals surface area contributed by atoms with Crippen LogP contribution in [0.5, 0.6) is 0 Å². The molecule has 2 heteroatoms. The molecule has 304 valence electrons. The lowest BCUT2D eigenvalue weighted by Crippen LogP contribution is -2.51. The van der Waals surface area contributed by atoms with Crippen molar-refractivity contribution in [2.45, 2.75) is 165 Å². The zero-order valence-corrected chi connectivity index (χ0v) is 35.4. The number of fused-ring (bicyclic) bond motifs is 6. The first-order chi connectivity index (χ1) is 28.2. The van der Waals surface area contributed by atoms with Crippen molar-refractivity contribution in [1.82, 2.24) is 9.80 Å². The summed E-state index contributed by atoms with van der Waals surface area (Å²) in [7, 11) is 0. The Labute approximate surface area is 347 Å². The lowest BCUT2D eigenvalue weighted by molar-refractivity contribution is 0.0242. The topological polar surface area (TPSA) is 6.48 Å². The Hall–Kier alpha value is -2.42. The Morgan fingerprint density at radius 2 is 1.42 bits per heavy atom. The van der Waals surface area contributed by atoms with Crippen molar-refractivity contribution in [3.63, 3.8) is 0 Å². The molecule has 0 bridgehead atoms. The van der Waals surface area contributed by atoms with Crippen LogP contribution in [0.3, 0.4) is 0 Å². The molecule has 0 amide bonds. The van der Waals surface area contributed by atoms with Gasteiger partial charge < -0.3 is 0 Å². The van der Waals surface area contributed by atoms with Gasteiger partial charge in [0.15, 0.2) is 0 Å². The summed E-state index contributed by atoms with van der Waals surface area (Å²) in [5.41, 5.74) is 3.61. The average Bonchev–Trinajstić information content (AvgIpc) is 3.80. The molecular weight excluding hydrogens is 689 g/mol. The van der Waals surface area contributed by atoms with Gasteiger partial charge in [0.05, 0.1) is 0 Å². The van der Waals surface area contributed by atoms with Gasteiger partial charge in [-0.2, -0.15) is 0 Å². The van der Waals surface area contributed by atoms with Crippen molar-refractivity contribution < 1.29 is 0 Å². The second-order valence-corrected chi connectivity index (χ2v) is 21.4. The number of hydrogen-bond donors (Lipinski definition) is 0. The van der Waals surface area contributed by atoms with Crippen LogP contribution in [0.4, 0.5) is 0 Å². The van der Waals surface area contributed by atoms with Gasteiger partial charge in [-0.15, -0.1) is 0 Å². The molecule has 1 saturated carbocycles. The van der Waals surface area contributed by atoms with Crippen LogP contribution in [0.2, 0.25) is 0 Å². The van der Waals surface area contributed by atoms with E-state index in [4.69, 9.17) is 0 Å². The van der Waals surface area contributed by atoms with Crippen LogP contribution in [0, 0.1) is 65.1 Å². The number of hydrogen-bond acceptors (Lipinski definition) is 2. The van der Waals surface area contributed by atoms with Gasteiger partial charge in [-0.1, -0.05) is 115 Å². The van der Waals surface area contributed by atoms with E-state index in [9.17, 15) is 0 Å². The van der Waals surface area contributed by atoms with Crippen molar-refractivity contribution in [1.29, 1.82) is 0 Å². The summed E-state index contributed by atoms with van der Waals surface area (Å²) in [6.45, 7) is 2.48. The first-order valence-electron chi connectivity index (χ1n) is 24.8. The summed E-state index contributed by atoms with van der Waals surface area (Å²) >= 11 is 0. The Kier molecular flexibility index (Phi) is 10.7. The lowest BCUT2D eigenvalue weighted by Gasteiger charge is -2.49. The van der Waals surface area contributed by atoms with Crippen molar-refractivity contribution in [3.05, 3.63) is 108 Å². The van der Waals surface area contributed by atoms with E-state index in [1.807, 2.05) is 5.57 Å². The molecule has 2 saturated heterocycles. The fraction of sp³-hybridized carbons (Fsp3) is 0.673. The Balaban J connectivity index is 0.884. The number of allylic oxidation sites excluding steroid dienone is 11. The van der Waals surface area contributed by atoms with Gasteiger partial charge in [-0.25, -0.2) is 0 Å². The standard InChI is InChI=1S/C55H74N2/c1-37-14-12-19-41(32-37)44-33-43(39-17-6-3-7-18-39)34-46(35-44)56-52-24-10-9-21-49(52)51-36-42(28-31-54(51)56)47-22-13-23-50-48-20-8-11-25-53(48)57(55(47)50)45-29-26-40(27-30-45)38-15-4-2-5-16-38/h3,6,9-15,21,23-26,29,36-37,39-41,43-55H,2,4-5,7-8,16-20,22,27-28,30-35H2,1H3. The molecule has 2 aliphatic heterocycles. The van der Waals surface area contributed by atoms with Crippen LogP contribution in [0.15, 0.2) is 108 Å². The van der Waals surface area contributed by atoms with E-state index in [1.54, 1.807) is 5.57 Å². The summed E-state index contributed by atoms with van der Waals surface area (Å²) in [5, 5.41) is 0. The second-order valence-electron chi connectivity index (χ2n) is 21.4. The molecule has 0 aromatic rings. The van der Waals surface area contributed by atoms with E-state index in [1.165, 1.54) is 122 Å². The Morgan fingerprint density at radius 1 is 0.544 bits per heavy atom. The molecule has 9 aliphatic carbocycles. The van der Waals surface area contributed by atoms with Gasteiger partial charge in [-0.05, 0) is 175 Å². The van der Waals surface area contributed by atoms with Crippen molar-refractivity contribution in [2.75, 3.05) is 0 Å². The average molecular weight is 763 g/mol. The summed E-state index contributed by atoms with van der Waals surface area (Å²) in [6, 6.07) is 3.88. The van der Waals surface area contributed by atoms with Crippen LogP contribution in [-0.4, -0.2) is 46.1 Å². The fourth-order valence-electron chi connectivity index (χ4n) is 16.0. The fourth-order valence-corrected chi connectivity index (χ4v) is 16.0. The number of likely N-dealkylation sites (tertiary alicyclic amines) is 2. The maximum absolute atomic E-state index is 3.21. The molecule has 57 heavy (non-hydrogen) atoms. The maximum Gasteiger partial charge on any atom is 0.0356 e.